The third-order valence-electron chi connectivity index (χ3n) is 3.20. The lowest BCUT2D eigenvalue weighted by molar-refractivity contribution is -0.122. The zero-order valence-electron chi connectivity index (χ0n) is 12.3. The quantitative estimate of drug-likeness (QED) is 0.725. The van der Waals surface area contributed by atoms with Crippen molar-refractivity contribution in [2.75, 3.05) is 0 Å². The van der Waals surface area contributed by atoms with Crippen molar-refractivity contribution in [3.05, 3.63) is 51.1 Å². The molecule has 0 aliphatic heterocycles. The van der Waals surface area contributed by atoms with Crippen molar-refractivity contribution < 1.29 is 4.79 Å². The van der Waals surface area contributed by atoms with Crippen molar-refractivity contribution in [1.29, 1.82) is 0 Å². The first-order chi connectivity index (χ1) is 11.1. The molecule has 0 unspecified atom stereocenters. The maximum atomic E-state index is 12.1. The normalized spacial score (nSPS) is 12.1. The average Bonchev–Trinajstić information content (AvgIpc) is 3.19. The minimum Gasteiger partial charge on any atom is -0.347 e. The third-order valence-corrected chi connectivity index (χ3v) is 4.95. The molecule has 3 rings (SSSR count). The lowest BCUT2D eigenvalue weighted by Gasteiger charge is -2.11. The Labute approximate surface area is 145 Å². The summed E-state index contributed by atoms with van der Waals surface area (Å²) in [5.41, 5.74) is 0.839. The minimum atomic E-state index is -0.151. The molecule has 3 aromatic rings. The highest BCUT2D eigenvalue weighted by molar-refractivity contribution is 9.10. The maximum Gasteiger partial charge on any atom is 0.244 e. The van der Waals surface area contributed by atoms with Gasteiger partial charge in [0.1, 0.15) is 6.54 Å². The summed E-state index contributed by atoms with van der Waals surface area (Å²) in [6.45, 7) is 1.98. The van der Waals surface area contributed by atoms with Crippen LogP contribution in [-0.4, -0.2) is 26.1 Å². The van der Waals surface area contributed by atoms with Gasteiger partial charge in [0.15, 0.2) is 0 Å². The molecule has 1 atom stereocenters. The van der Waals surface area contributed by atoms with Crippen LogP contribution in [0.1, 0.15) is 17.8 Å². The number of halogens is 1. The summed E-state index contributed by atoms with van der Waals surface area (Å²) in [7, 11) is 0. The van der Waals surface area contributed by atoms with E-state index in [1.165, 1.54) is 4.80 Å². The molecule has 23 heavy (non-hydrogen) atoms. The summed E-state index contributed by atoms with van der Waals surface area (Å²) in [6, 6.07) is 11.5. The van der Waals surface area contributed by atoms with Gasteiger partial charge in [-0.2, -0.15) is 4.80 Å². The molecular formula is C15H14BrN5OS. The van der Waals surface area contributed by atoms with Crippen molar-refractivity contribution in [3.63, 3.8) is 0 Å². The standard InChI is InChI=1S/C15H14BrN5OS/c1-10(13-7-4-8-23-13)17-14(22)9-21-19-15(18-20-21)11-5-2-3-6-12(11)16/h2-8,10H,9H2,1H3,(H,17,22)/t10-/m1/s1. The number of carbonyl (C=O) groups excluding carboxylic acids is 1. The predicted octanol–water partition coefficient (Wildman–Crippen LogP) is 3.04. The number of hydrogen-bond acceptors (Lipinski definition) is 5. The van der Waals surface area contributed by atoms with Gasteiger partial charge in [-0.05, 0) is 35.7 Å². The molecule has 1 aromatic carbocycles. The van der Waals surface area contributed by atoms with Crippen LogP contribution >= 0.6 is 27.3 Å². The molecule has 6 nitrogen and oxygen atoms in total. The number of benzene rings is 1. The molecule has 1 amide bonds. The van der Waals surface area contributed by atoms with Gasteiger partial charge in [0.2, 0.25) is 11.7 Å². The largest absolute Gasteiger partial charge is 0.347 e. The predicted molar refractivity (Wildman–Crippen MR) is 91.8 cm³/mol. The van der Waals surface area contributed by atoms with E-state index in [4.69, 9.17) is 0 Å². The van der Waals surface area contributed by atoms with E-state index in [2.05, 4.69) is 36.7 Å². The summed E-state index contributed by atoms with van der Waals surface area (Å²) < 4.78 is 0.885. The second kappa shape index (κ2) is 7.01. The Hall–Kier alpha value is -2.06. The SMILES string of the molecule is C[C@@H](NC(=O)Cn1nnc(-c2ccccc2Br)n1)c1cccs1. The number of tetrazole rings is 1. The van der Waals surface area contributed by atoms with Crippen LogP contribution in [-0.2, 0) is 11.3 Å². The number of thiophene rings is 1. The Morgan fingerprint density at radius 2 is 2.17 bits per heavy atom. The first-order valence-corrected chi connectivity index (χ1v) is 8.66. The van der Waals surface area contributed by atoms with Gasteiger partial charge in [-0.3, -0.25) is 4.79 Å². The molecule has 0 bridgehead atoms. The number of amides is 1. The summed E-state index contributed by atoms with van der Waals surface area (Å²) in [4.78, 5) is 14.5. The highest BCUT2D eigenvalue weighted by Gasteiger charge is 2.14. The second-order valence-corrected chi connectivity index (χ2v) is 6.76. The third kappa shape index (κ3) is 3.83. The zero-order valence-corrected chi connectivity index (χ0v) is 14.7. The number of nitrogens with one attached hydrogen (secondary N) is 1. The Bertz CT molecular complexity index is 802. The molecule has 8 heteroatoms. The van der Waals surface area contributed by atoms with Crippen molar-refractivity contribution in [3.8, 4) is 11.4 Å². The second-order valence-electron chi connectivity index (χ2n) is 4.93. The first kappa shape index (κ1) is 15.8. The monoisotopic (exact) mass is 391 g/mol. The molecule has 2 heterocycles. The number of nitrogens with zero attached hydrogens (tertiary/aromatic N) is 4. The number of aromatic nitrogens is 4. The highest BCUT2D eigenvalue weighted by atomic mass is 79.9. The van der Waals surface area contributed by atoms with Crippen LogP contribution in [0.4, 0.5) is 0 Å². The van der Waals surface area contributed by atoms with E-state index < -0.39 is 0 Å². The molecule has 0 radical (unpaired) electrons. The zero-order chi connectivity index (χ0) is 16.2. The number of rotatable bonds is 5. The van der Waals surface area contributed by atoms with Gasteiger partial charge in [0.05, 0.1) is 6.04 Å². The molecule has 0 fully saturated rings. The van der Waals surface area contributed by atoms with Gasteiger partial charge in [0.25, 0.3) is 0 Å². The topological polar surface area (TPSA) is 72.7 Å². The van der Waals surface area contributed by atoms with Gasteiger partial charge in [-0.25, -0.2) is 0 Å². The summed E-state index contributed by atoms with van der Waals surface area (Å²) in [5.74, 6) is 0.332. The maximum absolute atomic E-state index is 12.1. The first-order valence-electron chi connectivity index (χ1n) is 6.99. The minimum absolute atomic E-state index is 0.0336. The lowest BCUT2D eigenvalue weighted by Crippen LogP contribution is -2.30. The molecule has 118 valence electrons. The molecule has 2 aromatic heterocycles. The fourth-order valence-corrected chi connectivity index (χ4v) is 3.28. The van der Waals surface area contributed by atoms with Crippen LogP contribution in [0.2, 0.25) is 0 Å². The Balaban J connectivity index is 1.65. The lowest BCUT2D eigenvalue weighted by atomic mass is 10.2. The van der Waals surface area contributed by atoms with Crippen LogP contribution in [0.3, 0.4) is 0 Å². The molecule has 0 spiro atoms. The number of hydrogen-bond donors (Lipinski definition) is 1. The molecule has 0 aliphatic rings. The van der Waals surface area contributed by atoms with Crippen molar-refractivity contribution in [2.45, 2.75) is 19.5 Å². The van der Waals surface area contributed by atoms with Gasteiger partial charge < -0.3 is 5.32 Å². The molecule has 0 aliphatic carbocycles. The summed E-state index contributed by atoms with van der Waals surface area (Å²) >= 11 is 5.06. The summed E-state index contributed by atoms with van der Waals surface area (Å²) in [5, 5.41) is 17.1. The Morgan fingerprint density at radius 3 is 2.91 bits per heavy atom. The van der Waals surface area contributed by atoms with E-state index in [1.54, 1.807) is 11.3 Å². The van der Waals surface area contributed by atoms with E-state index in [9.17, 15) is 4.79 Å². The molecule has 0 saturated carbocycles. The summed E-state index contributed by atoms with van der Waals surface area (Å²) in [6.07, 6.45) is 0. The smallest absolute Gasteiger partial charge is 0.244 e. The van der Waals surface area contributed by atoms with Crippen molar-refractivity contribution in [1.82, 2.24) is 25.5 Å². The van der Waals surface area contributed by atoms with Crippen molar-refractivity contribution >= 4 is 33.2 Å². The fraction of sp³-hybridized carbons (Fsp3) is 0.200. The van der Waals surface area contributed by atoms with E-state index >= 15 is 0 Å². The van der Waals surface area contributed by atoms with Gasteiger partial charge in [-0.15, -0.1) is 21.5 Å². The van der Waals surface area contributed by atoms with Crippen LogP contribution in [0.5, 0.6) is 0 Å². The van der Waals surface area contributed by atoms with Crippen LogP contribution in [0.15, 0.2) is 46.3 Å². The van der Waals surface area contributed by atoms with E-state index in [0.29, 0.717) is 5.82 Å². The van der Waals surface area contributed by atoms with Crippen molar-refractivity contribution in [2.24, 2.45) is 0 Å². The van der Waals surface area contributed by atoms with E-state index in [-0.39, 0.29) is 18.5 Å². The van der Waals surface area contributed by atoms with Crippen LogP contribution in [0, 0.1) is 0 Å². The Morgan fingerprint density at radius 1 is 1.35 bits per heavy atom. The van der Waals surface area contributed by atoms with Crippen LogP contribution < -0.4 is 5.32 Å². The molecular weight excluding hydrogens is 378 g/mol. The van der Waals surface area contributed by atoms with E-state index in [0.717, 1.165) is 14.9 Å². The van der Waals surface area contributed by atoms with Crippen LogP contribution in [0.25, 0.3) is 11.4 Å². The molecule has 0 saturated heterocycles. The van der Waals surface area contributed by atoms with E-state index in [1.807, 2.05) is 48.7 Å². The van der Waals surface area contributed by atoms with Gasteiger partial charge >= 0.3 is 0 Å². The van der Waals surface area contributed by atoms with Gasteiger partial charge in [-0.1, -0.05) is 34.1 Å². The average molecular weight is 392 g/mol. The van der Waals surface area contributed by atoms with Gasteiger partial charge in [0, 0.05) is 14.9 Å². The highest BCUT2D eigenvalue weighted by Crippen LogP contribution is 2.24. The molecule has 1 N–H and O–H groups in total. The fourth-order valence-electron chi connectivity index (χ4n) is 2.08. The number of carbonyl (C=O) groups is 1. The Kier molecular flexibility index (Phi) is 4.82.